The van der Waals surface area contributed by atoms with Gasteiger partial charge in [0.2, 0.25) is 0 Å². The zero-order valence-electron chi connectivity index (χ0n) is 15.1. The van der Waals surface area contributed by atoms with E-state index >= 15 is 0 Å². The van der Waals surface area contributed by atoms with Gasteiger partial charge in [0, 0.05) is 34.6 Å². The molecule has 0 aliphatic rings. The predicted octanol–water partition coefficient (Wildman–Crippen LogP) is 4.40. The molecule has 0 saturated carbocycles. The summed E-state index contributed by atoms with van der Waals surface area (Å²) in [6.07, 6.45) is 0.760. The zero-order chi connectivity index (χ0) is 18.0. The average Bonchev–Trinajstić information content (AvgIpc) is 2.90. The number of hydrogen-bond donors (Lipinski definition) is 1. The molecule has 0 saturated heterocycles. The summed E-state index contributed by atoms with van der Waals surface area (Å²) in [4.78, 5) is 0. The van der Waals surface area contributed by atoms with Crippen LogP contribution in [-0.4, -0.2) is 18.2 Å². The Hall–Kier alpha value is -2.33. The van der Waals surface area contributed by atoms with Crippen molar-refractivity contribution in [1.29, 1.82) is 0 Å². The second-order valence-corrected chi connectivity index (χ2v) is 6.35. The van der Waals surface area contributed by atoms with Crippen LogP contribution in [0.5, 0.6) is 5.75 Å². The molecule has 1 heterocycles. The smallest absolute Gasteiger partial charge is 0.123 e. The molecule has 3 rings (SSSR count). The van der Waals surface area contributed by atoms with E-state index in [2.05, 4.69) is 42.7 Å². The molecule has 3 aromatic rings. The Bertz CT molecular complexity index is 885. The summed E-state index contributed by atoms with van der Waals surface area (Å²) in [5.74, 6) is 0.427. The van der Waals surface area contributed by atoms with Crippen LogP contribution in [0.4, 0.5) is 4.39 Å². The number of nitrogens with zero attached hydrogens (tertiary/aromatic N) is 1. The number of aryl methyl sites for hydroxylation is 1. The molecule has 0 amide bonds. The number of benzene rings is 2. The molecule has 132 valence electrons. The van der Waals surface area contributed by atoms with Crippen molar-refractivity contribution in [3.8, 4) is 5.75 Å². The van der Waals surface area contributed by atoms with Crippen molar-refractivity contribution in [2.45, 2.75) is 32.7 Å². The molecule has 3 nitrogen and oxygen atoms in total. The van der Waals surface area contributed by atoms with Gasteiger partial charge in [-0.3, -0.25) is 0 Å². The first-order valence-electron chi connectivity index (χ1n) is 8.70. The van der Waals surface area contributed by atoms with E-state index in [1.807, 2.05) is 0 Å². The van der Waals surface area contributed by atoms with Crippen LogP contribution in [0.2, 0.25) is 0 Å². The molecule has 0 aliphatic heterocycles. The van der Waals surface area contributed by atoms with Gasteiger partial charge in [-0.1, -0.05) is 18.2 Å². The fraction of sp³-hybridized carbons (Fsp3) is 0.333. The third kappa shape index (κ3) is 3.14. The minimum atomic E-state index is -0.262. The molecule has 2 N–H and O–H groups in total. The van der Waals surface area contributed by atoms with Crippen LogP contribution in [0, 0.1) is 12.7 Å². The number of methoxy groups -OCH3 is 1. The topological polar surface area (TPSA) is 40.2 Å². The first kappa shape index (κ1) is 17.5. The van der Waals surface area contributed by atoms with Crippen molar-refractivity contribution in [3.05, 3.63) is 65.1 Å². The second-order valence-electron chi connectivity index (χ2n) is 6.35. The lowest BCUT2D eigenvalue weighted by Crippen LogP contribution is -2.16. The Morgan fingerprint density at radius 3 is 2.64 bits per heavy atom. The molecule has 4 heteroatoms. The number of aromatic nitrogens is 1. The van der Waals surface area contributed by atoms with Gasteiger partial charge < -0.3 is 15.0 Å². The lowest BCUT2D eigenvalue weighted by Gasteiger charge is -2.19. The highest BCUT2D eigenvalue weighted by Crippen LogP contribution is 2.34. The number of para-hydroxylation sites is 1. The van der Waals surface area contributed by atoms with Gasteiger partial charge in [-0.25, -0.2) is 4.39 Å². The van der Waals surface area contributed by atoms with Gasteiger partial charge in [-0.2, -0.15) is 0 Å². The zero-order valence-corrected chi connectivity index (χ0v) is 15.1. The molecule has 0 aliphatic carbocycles. The van der Waals surface area contributed by atoms with Gasteiger partial charge in [0.1, 0.15) is 11.6 Å². The van der Waals surface area contributed by atoms with Gasteiger partial charge >= 0.3 is 0 Å². The highest BCUT2D eigenvalue weighted by molar-refractivity contribution is 5.85. The molecule has 0 radical (unpaired) electrons. The fourth-order valence-corrected chi connectivity index (χ4v) is 3.76. The minimum Gasteiger partial charge on any atom is -0.496 e. The third-order valence-electron chi connectivity index (χ3n) is 5.04. The number of fused-ring (bicyclic) bond motifs is 1. The average molecular weight is 340 g/mol. The van der Waals surface area contributed by atoms with Crippen LogP contribution in [0.15, 0.2) is 42.5 Å². The summed E-state index contributed by atoms with van der Waals surface area (Å²) in [7, 11) is 1.61. The maximum atomic E-state index is 13.8. The molecular weight excluding hydrogens is 315 g/mol. The molecule has 1 unspecified atom stereocenters. The van der Waals surface area contributed by atoms with Crippen LogP contribution in [0.3, 0.4) is 0 Å². The van der Waals surface area contributed by atoms with Crippen LogP contribution < -0.4 is 10.5 Å². The summed E-state index contributed by atoms with van der Waals surface area (Å²) < 4.78 is 21.6. The fourth-order valence-electron chi connectivity index (χ4n) is 3.76. The summed E-state index contributed by atoms with van der Waals surface area (Å²) in [6, 6.07) is 13.1. The molecule has 0 fully saturated rings. The highest BCUT2D eigenvalue weighted by Gasteiger charge is 2.21. The molecule has 25 heavy (non-hydrogen) atoms. The van der Waals surface area contributed by atoms with Crippen molar-refractivity contribution < 1.29 is 9.13 Å². The van der Waals surface area contributed by atoms with Crippen LogP contribution in [-0.2, 0) is 13.0 Å². The lowest BCUT2D eigenvalue weighted by molar-refractivity contribution is 0.403. The molecule has 0 bridgehead atoms. The van der Waals surface area contributed by atoms with Crippen LogP contribution in [0.25, 0.3) is 10.9 Å². The van der Waals surface area contributed by atoms with Crippen LogP contribution in [0.1, 0.15) is 29.7 Å². The van der Waals surface area contributed by atoms with E-state index in [4.69, 9.17) is 10.5 Å². The van der Waals surface area contributed by atoms with Gasteiger partial charge in [-0.05, 0) is 56.6 Å². The van der Waals surface area contributed by atoms with Crippen molar-refractivity contribution in [2.75, 3.05) is 13.7 Å². The van der Waals surface area contributed by atoms with Crippen molar-refractivity contribution >= 4 is 10.9 Å². The van der Waals surface area contributed by atoms with Gasteiger partial charge in [0.25, 0.3) is 0 Å². The largest absolute Gasteiger partial charge is 0.496 e. The molecule has 1 aromatic heterocycles. The predicted molar refractivity (Wildman–Crippen MR) is 101 cm³/mol. The summed E-state index contributed by atoms with van der Waals surface area (Å²) >= 11 is 0. The lowest BCUT2D eigenvalue weighted by atomic mass is 9.90. The van der Waals surface area contributed by atoms with E-state index in [0.29, 0.717) is 12.3 Å². The normalized spacial score (nSPS) is 12.5. The first-order chi connectivity index (χ1) is 12.1. The van der Waals surface area contributed by atoms with Crippen LogP contribution >= 0.6 is 0 Å². The van der Waals surface area contributed by atoms with Crippen molar-refractivity contribution in [1.82, 2.24) is 4.57 Å². The highest BCUT2D eigenvalue weighted by atomic mass is 19.1. The Balaban J connectivity index is 2.08. The first-order valence-corrected chi connectivity index (χ1v) is 8.70. The Kier molecular flexibility index (Phi) is 5.09. The van der Waals surface area contributed by atoms with Gasteiger partial charge in [0.15, 0.2) is 0 Å². The monoisotopic (exact) mass is 340 g/mol. The summed E-state index contributed by atoms with van der Waals surface area (Å²) in [5.41, 5.74) is 10.7. The number of ether oxygens (including phenoxy) is 1. The quantitative estimate of drug-likeness (QED) is 0.722. The summed E-state index contributed by atoms with van der Waals surface area (Å²) in [6.45, 7) is 5.66. The number of hydrogen-bond acceptors (Lipinski definition) is 2. The standard InChI is InChI=1S/C21H25FN2O/c1-4-24-14(2)18(17-7-5-6-8-20(17)24)11-15(13-23)19-12-16(22)9-10-21(19)25-3/h5-10,12,15H,4,11,13,23H2,1-3H3. The number of halogens is 1. The maximum absolute atomic E-state index is 13.8. The number of rotatable bonds is 6. The van der Waals surface area contributed by atoms with E-state index in [0.717, 1.165) is 18.5 Å². The molecule has 0 spiro atoms. The summed E-state index contributed by atoms with van der Waals surface area (Å²) in [5, 5.41) is 1.25. The Morgan fingerprint density at radius 1 is 1.20 bits per heavy atom. The van der Waals surface area contributed by atoms with E-state index < -0.39 is 0 Å². The SMILES string of the molecule is CCn1c(C)c(CC(CN)c2cc(F)ccc2OC)c2ccccc21. The minimum absolute atomic E-state index is 0.000428. The maximum Gasteiger partial charge on any atom is 0.123 e. The molecular formula is C21H25FN2O. The Labute approximate surface area is 148 Å². The second kappa shape index (κ2) is 7.28. The van der Waals surface area contributed by atoms with Crippen molar-refractivity contribution in [2.24, 2.45) is 5.73 Å². The molecule has 2 aromatic carbocycles. The third-order valence-corrected chi connectivity index (χ3v) is 5.04. The van der Waals surface area contributed by atoms with Gasteiger partial charge in [-0.15, -0.1) is 0 Å². The Morgan fingerprint density at radius 2 is 1.96 bits per heavy atom. The van der Waals surface area contributed by atoms with E-state index in [9.17, 15) is 4.39 Å². The van der Waals surface area contributed by atoms with Crippen molar-refractivity contribution in [3.63, 3.8) is 0 Å². The molecule has 1 atom stereocenters. The van der Waals surface area contributed by atoms with E-state index in [1.165, 1.54) is 28.2 Å². The van der Waals surface area contributed by atoms with E-state index in [-0.39, 0.29) is 11.7 Å². The van der Waals surface area contributed by atoms with E-state index in [1.54, 1.807) is 19.2 Å². The number of nitrogens with two attached hydrogens (primary N) is 1. The van der Waals surface area contributed by atoms with Gasteiger partial charge in [0.05, 0.1) is 7.11 Å².